The molecule has 0 bridgehead atoms. The molecule has 1 aliphatic heterocycles. The summed E-state index contributed by atoms with van der Waals surface area (Å²) < 4.78 is 34.8. The van der Waals surface area contributed by atoms with Crippen molar-refractivity contribution in [3.05, 3.63) is 41.6 Å². The third-order valence-corrected chi connectivity index (χ3v) is 4.59. The van der Waals surface area contributed by atoms with Crippen LogP contribution in [-0.4, -0.2) is 39.5 Å². The highest BCUT2D eigenvalue weighted by atomic mass is 19.1. The number of hydrogen-bond donors (Lipinski definition) is 0. The monoisotopic (exact) mass is 377 g/mol. The molecule has 1 fully saturated rings. The molecule has 3 rings (SSSR count). The van der Waals surface area contributed by atoms with Crippen LogP contribution in [0.2, 0.25) is 0 Å². The van der Waals surface area contributed by atoms with Gasteiger partial charge in [0.05, 0.1) is 11.7 Å². The molecule has 0 N–H and O–H groups in total. The lowest BCUT2D eigenvalue weighted by Crippen LogP contribution is -2.42. The van der Waals surface area contributed by atoms with Crippen LogP contribution in [0.3, 0.4) is 0 Å². The Morgan fingerprint density at radius 2 is 1.89 bits per heavy atom. The highest BCUT2D eigenvalue weighted by Gasteiger charge is 2.28. The molecule has 0 atom stereocenters. The fourth-order valence-corrected chi connectivity index (χ4v) is 3.25. The van der Waals surface area contributed by atoms with Crippen LogP contribution in [0.5, 0.6) is 0 Å². The fraction of sp³-hybridized carbons (Fsp3) is 0.500. The van der Waals surface area contributed by atoms with Gasteiger partial charge in [-0.3, -0.25) is 4.68 Å². The summed E-state index contributed by atoms with van der Waals surface area (Å²) in [5.74, 6) is -0.990. The number of aryl methyl sites for hydroxylation is 1. The summed E-state index contributed by atoms with van der Waals surface area (Å²) in [5, 5.41) is 4.51. The Morgan fingerprint density at radius 1 is 1.22 bits per heavy atom. The minimum absolute atomic E-state index is 0.104. The summed E-state index contributed by atoms with van der Waals surface area (Å²) in [4.78, 5) is 13.9. The quantitative estimate of drug-likeness (QED) is 0.762. The lowest BCUT2D eigenvalue weighted by atomic mass is 10.1. The number of amides is 1. The number of carbonyl (C=O) groups excluding carboxylic acids is 1. The second-order valence-electron chi connectivity index (χ2n) is 7.96. The number of halogens is 2. The van der Waals surface area contributed by atoms with E-state index in [1.54, 1.807) is 9.58 Å². The van der Waals surface area contributed by atoms with Crippen LogP contribution >= 0.6 is 0 Å². The van der Waals surface area contributed by atoms with Crippen molar-refractivity contribution in [2.24, 2.45) is 0 Å². The van der Waals surface area contributed by atoms with Crippen LogP contribution in [0.4, 0.5) is 13.6 Å². The average Bonchev–Trinajstić information content (AvgIpc) is 2.97. The van der Waals surface area contributed by atoms with Crippen LogP contribution in [-0.2, 0) is 4.74 Å². The van der Waals surface area contributed by atoms with Gasteiger partial charge in [0.1, 0.15) is 17.2 Å². The molecule has 0 saturated carbocycles. The molecule has 146 valence electrons. The van der Waals surface area contributed by atoms with Crippen LogP contribution in [0.1, 0.15) is 45.2 Å². The summed E-state index contributed by atoms with van der Waals surface area (Å²) in [7, 11) is 0. The van der Waals surface area contributed by atoms with Gasteiger partial charge in [-0.05, 0) is 64.3 Å². The van der Waals surface area contributed by atoms with E-state index in [0.29, 0.717) is 18.8 Å². The van der Waals surface area contributed by atoms with Gasteiger partial charge in [-0.1, -0.05) is 0 Å². The Balaban J connectivity index is 1.71. The first-order valence-electron chi connectivity index (χ1n) is 9.13. The largest absolute Gasteiger partial charge is 0.444 e. The molecule has 5 nitrogen and oxygen atoms in total. The molecule has 0 aliphatic carbocycles. The number of hydrogen-bond acceptors (Lipinski definition) is 3. The lowest BCUT2D eigenvalue weighted by molar-refractivity contribution is 0.0185. The van der Waals surface area contributed by atoms with Gasteiger partial charge >= 0.3 is 6.09 Å². The Bertz CT molecular complexity index is 834. The molecular formula is C20H25F2N3O2. The van der Waals surface area contributed by atoms with E-state index >= 15 is 0 Å². The van der Waals surface area contributed by atoms with Gasteiger partial charge in [0.2, 0.25) is 0 Å². The zero-order valence-corrected chi connectivity index (χ0v) is 16.1. The van der Waals surface area contributed by atoms with E-state index < -0.39 is 17.2 Å². The zero-order valence-electron chi connectivity index (χ0n) is 16.1. The van der Waals surface area contributed by atoms with E-state index in [1.807, 2.05) is 33.9 Å². The smallest absolute Gasteiger partial charge is 0.410 e. The third kappa shape index (κ3) is 4.46. The van der Waals surface area contributed by atoms with Gasteiger partial charge in [-0.2, -0.15) is 5.10 Å². The topological polar surface area (TPSA) is 47.4 Å². The third-order valence-electron chi connectivity index (χ3n) is 4.59. The highest BCUT2D eigenvalue weighted by molar-refractivity contribution is 5.68. The van der Waals surface area contributed by atoms with Crippen molar-refractivity contribution in [1.29, 1.82) is 0 Å². The molecule has 1 saturated heterocycles. The average molecular weight is 377 g/mol. The summed E-state index contributed by atoms with van der Waals surface area (Å²) in [5.41, 5.74) is 0.879. The Morgan fingerprint density at radius 3 is 2.52 bits per heavy atom. The maximum Gasteiger partial charge on any atom is 0.410 e. The number of piperidine rings is 1. The number of ether oxygens (including phenoxy) is 1. The number of nitrogens with zero attached hydrogens (tertiary/aromatic N) is 3. The second kappa shape index (κ2) is 7.29. The van der Waals surface area contributed by atoms with E-state index in [0.717, 1.165) is 30.5 Å². The normalized spacial score (nSPS) is 15.9. The molecule has 1 amide bonds. The Hall–Kier alpha value is -2.44. The summed E-state index contributed by atoms with van der Waals surface area (Å²) >= 11 is 0. The number of benzene rings is 1. The van der Waals surface area contributed by atoms with E-state index in [9.17, 15) is 13.6 Å². The van der Waals surface area contributed by atoms with Gasteiger partial charge in [0.15, 0.2) is 0 Å². The maximum absolute atomic E-state index is 14.1. The molecule has 0 unspecified atom stereocenters. The number of rotatable bonds is 2. The second-order valence-corrected chi connectivity index (χ2v) is 7.96. The number of likely N-dealkylation sites (tertiary alicyclic amines) is 1. The van der Waals surface area contributed by atoms with Crippen LogP contribution in [0.25, 0.3) is 11.3 Å². The molecule has 0 spiro atoms. The molecule has 0 radical (unpaired) electrons. The predicted molar refractivity (Wildman–Crippen MR) is 98.4 cm³/mol. The van der Waals surface area contributed by atoms with E-state index in [1.165, 1.54) is 6.07 Å². The Labute approximate surface area is 157 Å². The van der Waals surface area contributed by atoms with Gasteiger partial charge < -0.3 is 9.64 Å². The number of carbonyl (C=O) groups is 1. The van der Waals surface area contributed by atoms with Crippen molar-refractivity contribution in [3.8, 4) is 11.3 Å². The molecule has 27 heavy (non-hydrogen) atoms. The molecule has 1 aromatic heterocycles. The van der Waals surface area contributed by atoms with Crippen molar-refractivity contribution >= 4 is 6.09 Å². The summed E-state index contributed by atoms with van der Waals surface area (Å²) in [6, 6.07) is 3.48. The van der Waals surface area contributed by atoms with Crippen molar-refractivity contribution < 1.29 is 18.3 Å². The summed E-state index contributed by atoms with van der Waals surface area (Å²) in [6.07, 6.45) is 3.00. The standard InChI is InChI=1S/C20H25F2N3O2/c1-13-12-25(23-18(13)16-11-14(21)5-6-17(16)22)15-7-9-24(10-8-15)19(26)27-20(2,3)4/h5-6,11-12,15H,7-10H2,1-4H3. The van der Waals surface area contributed by atoms with Crippen LogP contribution in [0.15, 0.2) is 24.4 Å². The van der Waals surface area contributed by atoms with Gasteiger partial charge in [0.25, 0.3) is 0 Å². The molecular weight excluding hydrogens is 352 g/mol. The maximum atomic E-state index is 14.1. The van der Waals surface area contributed by atoms with Crippen molar-refractivity contribution in [1.82, 2.24) is 14.7 Å². The van der Waals surface area contributed by atoms with Crippen molar-refractivity contribution in [2.45, 2.75) is 52.2 Å². The minimum Gasteiger partial charge on any atom is -0.444 e. The molecule has 2 aromatic rings. The first-order valence-corrected chi connectivity index (χ1v) is 9.13. The summed E-state index contributed by atoms with van der Waals surface area (Å²) in [6.45, 7) is 8.51. The Kier molecular flexibility index (Phi) is 5.22. The fourth-order valence-electron chi connectivity index (χ4n) is 3.25. The zero-order chi connectivity index (χ0) is 19.8. The first kappa shape index (κ1) is 19.3. The van der Waals surface area contributed by atoms with Crippen LogP contribution < -0.4 is 0 Å². The highest BCUT2D eigenvalue weighted by Crippen LogP contribution is 2.29. The van der Waals surface area contributed by atoms with E-state index in [2.05, 4.69) is 5.10 Å². The van der Waals surface area contributed by atoms with Crippen molar-refractivity contribution in [2.75, 3.05) is 13.1 Å². The number of aromatic nitrogens is 2. The van der Waals surface area contributed by atoms with Gasteiger partial charge in [-0.25, -0.2) is 13.6 Å². The predicted octanol–water partition coefficient (Wildman–Crippen LogP) is 4.71. The molecule has 2 heterocycles. The van der Waals surface area contributed by atoms with Gasteiger partial charge in [-0.15, -0.1) is 0 Å². The first-order chi connectivity index (χ1) is 12.6. The van der Waals surface area contributed by atoms with E-state index in [-0.39, 0.29) is 17.7 Å². The van der Waals surface area contributed by atoms with Crippen LogP contribution in [0, 0.1) is 18.6 Å². The van der Waals surface area contributed by atoms with E-state index in [4.69, 9.17) is 4.74 Å². The molecule has 7 heteroatoms. The minimum atomic E-state index is -0.517. The lowest BCUT2D eigenvalue weighted by Gasteiger charge is -2.33. The molecule has 1 aromatic carbocycles. The SMILES string of the molecule is Cc1cn(C2CCN(C(=O)OC(C)(C)C)CC2)nc1-c1cc(F)ccc1F. The van der Waals surface area contributed by atoms with Crippen molar-refractivity contribution in [3.63, 3.8) is 0 Å². The van der Waals surface area contributed by atoms with Gasteiger partial charge in [0, 0.05) is 24.8 Å². The molecule has 1 aliphatic rings.